The second-order valence-electron chi connectivity index (χ2n) is 6.76. The predicted octanol–water partition coefficient (Wildman–Crippen LogP) is 4.80. The molecule has 1 aliphatic heterocycles. The van der Waals surface area contributed by atoms with Crippen molar-refractivity contribution in [2.45, 2.75) is 25.7 Å². The topological polar surface area (TPSA) is 49.4 Å². The third kappa shape index (κ3) is 5.47. The number of amides is 2. The Kier molecular flexibility index (Phi) is 6.75. The van der Waals surface area contributed by atoms with Crippen molar-refractivity contribution in [1.29, 1.82) is 0 Å². The third-order valence-electron chi connectivity index (χ3n) is 4.88. The molecule has 1 aliphatic rings. The molecule has 0 radical (unpaired) electrons. The van der Waals surface area contributed by atoms with Gasteiger partial charge in [0.05, 0.1) is 10.0 Å². The number of nitrogens with zero attached hydrogens (tertiary/aromatic N) is 1. The number of halogens is 2. The van der Waals surface area contributed by atoms with Crippen LogP contribution in [0.2, 0.25) is 10.0 Å². The number of benzene rings is 2. The van der Waals surface area contributed by atoms with Gasteiger partial charge in [0.2, 0.25) is 11.8 Å². The summed E-state index contributed by atoms with van der Waals surface area (Å²) >= 11 is 11.9. The Hall–Kier alpha value is -2.04. The second kappa shape index (κ2) is 9.25. The molecular weight excluding hydrogens is 383 g/mol. The lowest BCUT2D eigenvalue weighted by Crippen LogP contribution is -2.41. The van der Waals surface area contributed by atoms with Gasteiger partial charge in [0.1, 0.15) is 0 Å². The minimum Gasteiger partial charge on any atom is -0.343 e. The van der Waals surface area contributed by atoms with Crippen molar-refractivity contribution in [2.75, 3.05) is 18.4 Å². The number of likely N-dealkylation sites (tertiary alicyclic amines) is 1. The zero-order valence-electron chi connectivity index (χ0n) is 15.0. The van der Waals surface area contributed by atoms with Crippen LogP contribution in [0, 0.1) is 5.92 Å². The Bertz CT molecular complexity index is 803. The van der Waals surface area contributed by atoms with Crippen LogP contribution in [0.5, 0.6) is 0 Å². The smallest absolute Gasteiger partial charge is 0.227 e. The van der Waals surface area contributed by atoms with Crippen LogP contribution in [0.1, 0.15) is 24.8 Å². The van der Waals surface area contributed by atoms with Gasteiger partial charge in [-0.05, 0) is 43.0 Å². The lowest BCUT2D eigenvalue weighted by molar-refractivity contribution is -0.134. The first-order valence-corrected chi connectivity index (χ1v) is 9.86. The lowest BCUT2D eigenvalue weighted by Gasteiger charge is -2.31. The predicted molar refractivity (Wildman–Crippen MR) is 109 cm³/mol. The van der Waals surface area contributed by atoms with Gasteiger partial charge in [-0.15, -0.1) is 0 Å². The number of aryl methyl sites for hydroxylation is 1. The largest absolute Gasteiger partial charge is 0.343 e. The van der Waals surface area contributed by atoms with Crippen LogP contribution in [0.25, 0.3) is 0 Å². The molecule has 3 rings (SSSR count). The summed E-state index contributed by atoms with van der Waals surface area (Å²) in [4.78, 5) is 26.7. The third-order valence-corrected chi connectivity index (χ3v) is 5.61. The monoisotopic (exact) mass is 404 g/mol. The highest BCUT2D eigenvalue weighted by atomic mass is 35.5. The molecule has 1 heterocycles. The zero-order chi connectivity index (χ0) is 19.2. The van der Waals surface area contributed by atoms with E-state index in [2.05, 4.69) is 5.32 Å². The fourth-order valence-corrected chi connectivity index (χ4v) is 3.56. The summed E-state index contributed by atoms with van der Waals surface area (Å²) in [5.41, 5.74) is 1.80. The highest BCUT2D eigenvalue weighted by Crippen LogP contribution is 2.26. The average molecular weight is 405 g/mol. The normalized spacial score (nSPS) is 14.8. The van der Waals surface area contributed by atoms with Gasteiger partial charge in [-0.1, -0.05) is 53.5 Å². The molecule has 27 heavy (non-hydrogen) atoms. The van der Waals surface area contributed by atoms with Gasteiger partial charge in [-0.25, -0.2) is 0 Å². The van der Waals surface area contributed by atoms with E-state index in [-0.39, 0.29) is 17.7 Å². The highest BCUT2D eigenvalue weighted by Gasteiger charge is 2.27. The maximum Gasteiger partial charge on any atom is 0.227 e. The molecular formula is C21H22Cl2N2O2. The van der Waals surface area contributed by atoms with E-state index in [1.807, 2.05) is 35.2 Å². The maximum absolute atomic E-state index is 12.5. The minimum atomic E-state index is -0.0994. The molecule has 4 nitrogen and oxygen atoms in total. The van der Waals surface area contributed by atoms with Gasteiger partial charge in [-0.3, -0.25) is 9.59 Å². The summed E-state index contributed by atoms with van der Waals surface area (Å²) in [7, 11) is 0. The van der Waals surface area contributed by atoms with Gasteiger partial charge in [0, 0.05) is 31.1 Å². The summed E-state index contributed by atoms with van der Waals surface area (Å²) in [5, 5.41) is 3.75. The van der Waals surface area contributed by atoms with Crippen LogP contribution in [0.4, 0.5) is 5.69 Å². The van der Waals surface area contributed by atoms with Crippen molar-refractivity contribution < 1.29 is 9.59 Å². The van der Waals surface area contributed by atoms with E-state index in [0.29, 0.717) is 48.1 Å². The van der Waals surface area contributed by atoms with Crippen molar-refractivity contribution in [1.82, 2.24) is 4.90 Å². The number of carbonyl (C=O) groups excluding carboxylic acids is 2. The molecule has 1 N–H and O–H groups in total. The lowest BCUT2D eigenvalue weighted by atomic mass is 9.95. The van der Waals surface area contributed by atoms with Gasteiger partial charge in [0.15, 0.2) is 0 Å². The van der Waals surface area contributed by atoms with Gasteiger partial charge >= 0.3 is 0 Å². The molecule has 1 saturated heterocycles. The van der Waals surface area contributed by atoms with Gasteiger partial charge in [0.25, 0.3) is 0 Å². The molecule has 2 aromatic rings. The van der Waals surface area contributed by atoms with Crippen LogP contribution in [0.3, 0.4) is 0 Å². The van der Waals surface area contributed by atoms with Gasteiger partial charge in [-0.2, -0.15) is 0 Å². The molecule has 0 atom stereocenters. The highest BCUT2D eigenvalue weighted by molar-refractivity contribution is 6.42. The average Bonchev–Trinajstić information content (AvgIpc) is 2.70. The Labute approximate surface area is 169 Å². The quantitative estimate of drug-likeness (QED) is 0.777. The molecule has 1 fully saturated rings. The summed E-state index contributed by atoms with van der Waals surface area (Å²) in [6.07, 6.45) is 2.59. The molecule has 0 saturated carbocycles. The molecule has 0 bridgehead atoms. The minimum absolute atomic E-state index is 0.0372. The fraction of sp³-hybridized carbons (Fsp3) is 0.333. The number of carbonyl (C=O) groups is 2. The molecule has 0 aliphatic carbocycles. The Morgan fingerprint density at radius 1 is 1.00 bits per heavy atom. The summed E-state index contributed by atoms with van der Waals surface area (Å²) in [5.74, 6) is 0.0181. The number of anilines is 1. The molecule has 2 aromatic carbocycles. The maximum atomic E-state index is 12.5. The first kappa shape index (κ1) is 19.7. The fourth-order valence-electron chi connectivity index (χ4n) is 3.26. The zero-order valence-corrected chi connectivity index (χ0v) is 16.5. The summed E-state index contributed by atoms with van der Waals surface area (Å²) in [6.45, 7) is 1.24. The second-order valence-corrected chi connectivity index (χ2v) is 7.57. The Morgan fingerprint density at radius 3 is 2.37 bits per heavy atom. The van der Waals surface area contributed by atoms with Crippen molar-refractivity contribution >= 4 is 40.7 Å². The van der Waals surface area contributed by atoms with Crippen LogP contribution >= 0.6 is 23.2 Å². The van der Waals surface area contributed by atoms with E-state index in [1.54, 1.807) is 18.2 Å². The van der Waals surface area contributed by atoms with E-state index in [1.165, 1.54) is 5.56 Å². The number of rotatable bonds is 5. The number of hydrogen-bond acceptors (Lipinski definition) is 2. The molecule has 6 heteroatoms. The van der Waals surface area contributed by atoms with Crippen LogP contribution in [-0.2, 0) is 16.0 Å². The first-order valence-electron chi connectivity index (χ1n) is 9.10. The Morgan fingerprint density at radius 2 is 1.70 bits per heavy atom. The molecule has 142 valence electrons. The molecule has 0 spiro atoms. The Balaban J connectivity index is 1.45. The summed E-state index contributed by atoms with van der Waals surface area (Å²) < 4.78 is 0. The van der Waals surface area contributed by atoms with E-state index in [0.717, 1.165) is 6.42 Å². The number of piperidine rings is 1. The number of nitrogens with one attached hydrogen (secondary N) is 1. The van der Waals surface area contributed by atoms with Crippen molar-refractivity contribution in [3.05, 3.63) is 64.1 Å². The SMILES string of the molecule is O=C(Nc1ccc(Cl)c(Cl)c1)C1CCN(C(=O)CCc2ccccc2)CC1. The van der Waals surface area contributed by atoms with E-state index >= 15 is 0 Å². The van der Waals surface area contributed by atoms with Crippen molar-refractivity contribution in [3.8, 4) is 0 Å². The summed E-state index contributed by atoms with van der Waals surface area (Å²) in [6, 6.07) is 15.0. The van der Waals surface area contributed by atoms with Crippen LogP contribution < -0.4 is 5.32 Å². The standard InChI is InChI=1S/C21H22Cl2N2O2/c22-18-8-7-17(14-19(18)23)24-21(27)16-10-12-25(13-11-16)20(26)9-6-15-4-2-1-3-5-15/h1-5,7-8,14,16H,6,9-13H2,(H,24,27). The van der Waals surface area contributed by atoms with E-state index in [9.17, 15) is 9.59 Å². The first-order chi connectivity index (χ1) is 13.0. The van der Waals surface area contributed by atoms with Crippen molar-refractivity contribution in [2.24, 2.45) is 5.92 Å². The number of hydrogen-bond donors (Lipinski definition) is 1. The molecule has 0 unspecified atom stereocenters. The van der Waals surface area contributed by atoms with E-state index < -0.39 is 0 Å². The van der Waals surface area contributed by atoms with Crippen LogP contribution in [0.15, 0.2) is 48.5 Å². The van der Waals surface area contributed by atoms with Gasteiger partial charge < -0.3 is 10.2 Å². The van der Waals surface area contributed by atoms with Crippen LogP contribution in [-0.4, -0.2) is 29.8 Å². The van der Waals surface area contributed by atoms with Crippen molar-refractivity contribution in [3.63, 3.8) is 0 Å². The molecule has 2 amide bonds. The van der Waals surface area contributed by atoms with E-state index in [4.69, 9.17) is 23.2 Å². The molecule has 0 aromatic heterocycles.